The number of nitrogens with two attached hydrogens (primary N) is 4. The van der Waals surface area contributed by atoms with E-state index in [1.165, 1.54) is 0 Å². The third-order valence-electron chi connectivity index (χ3n) is 17.2. The Hall–Kier alpha value is -16.3. The second-order valence-corrected chi connectivity index (χ2v) is 28.1. The number of carbonyl (C=O) groups is 30. The largest absolute Gasteiger partial charge is 0.481 e. The molecule has 43 N–H and O–H groups in total. The monoisotopic (exact) mass is 1970 g/mol. The first kappa shape index (κ1) is 121. The molecule has 0 aromatic carbocycles. The van der Waals surface area contributed by atoms with E-state index in [0.29, 0.717) is 0 Å². The molecule has 0 rings (SSSR count). The van der Waals surface area contributed by atoms with Crippen LogP contribution in [0.5, 0.6) is 0 Å². The topological polar surface area (TPSA) is 1160 Å². The molecular weight excluding hydrogens is 1870 g/mol. The average Bonchev–Trinajstić information content (AvgIpc) is 0.886. The molecule has 137 heavy (non-hydrogen) atoms. The van der Waals surface area contributed by atoms with Crippen LogP contribution in [-0.2, 0) is 144 Å². The highest BCUT2D eigenvalue weighted by molar-refractivity contribution is 6.04. The summed E-state index contributed by atoms with van der Waals surface area (Å²) in [5, 5.41) is 181. The molecule has 0 spiro atoms. The quantitative estimate of drug-likeness (QED) is 0.0269. The normalized spacial score (nSPS) is 14.4. The molecule has 0 saturated heterocycles. The first-order valence-electron chi connectivity index (χ1n) is 38.9. The van der Waals surface area contributed by atoms with Crippen LogP contribution in [-0.4, -0.2) is 436 Å². The van der Waals surface area contributed by atoms with Gasteiger partial charge in [0.1, 0.15) is 96.7 Å². The number of carboxylic acids is 7. The third-order valence-corrected chi connectivity index (χ3v) is 17.2. The van der Waals surface area contributed by atoms with Crippen LogP contribution < -0.4 is 129 Å². The second kappa shape index (κ2) is 61.5. The summed E-state index contributed by atoms with van der Waals surface area (Å²) in [6.07, 6.45) is -11.2. The van der Waals surface area contributed by atoms with Crippen LogP contribution in [0.4, 0.5) is 0 Å². The highest BCUT2D eigenvalue weighted by atomic mass is 16.4. The van der Waals surface area contributed by atoms with Crippen LogP contribution >= 0.6 is 0 Å². The van der Waals surface area contributed by atoms with Gasteiger partial charge in [-0.1, -0.05) is 0 Å². The molecule has 69 nitrogen and oxygen atoms in total. The Labute approximate surface area is 764 Å². The SMILES string of the molecule is NC(=O)C[C@H](NC(=O)[C@H](CO)NC(=O)[C@H](CC(=O)O)NC(=O)[C@H](CO)NC(=O)CNC(=O)[C@H](CO)NC(=O)CNC(=O)[C@H](CC(=O)O)NC(=O)[C@H](CC(N)=O)NC(=O)[C@H](CO)NC(=O)[C@@H](N)CC(=O)O)C(=O)N[C@@H](CC(=O)O)C(=O)NCC(=O)N[C@@H](CO)C(=O)NCC(=O)N[C@@H](CO)C(=O)N[C@@H](CC(=O)O)C(=O)N[C@@H](CO)C(=O)N[C@@H](CC(N)=O)C(=O)N[C@@H](CC(=O)O)C(=O)N[C@@H](CO)C(=O)O. The van der Waals surface area contributed by atoms with Crippen LogP contribution in [0.15, 0.2) is 0 Å². The smallest absolute Gasteiger partial charge is 0.328 e. The van der Waals surface area contributed by atoms with Gasteiger partial charge in [-0.25, -0.2) is 4.79 Å². The second-order valence-electron chi connectivity index (χ2n) is 28.1. The zero-order valence-corrected chi connectivity index (χ0v) is 70.9. The van der Waals surface area contributed by atoms with E-state index in [4.69, 9.17) is 33.1 Å². The lowest BCUT2D eigenvalue weighted by atomic mass is 10.1. The summed E-state index contributed by atoms with van der Waals surface area (Å²) in [4.78, 5) is 379. The van der Waals surface area contributed by atoms with Crippen molar-refractivity contribution in [1.82, 2.24) is 106 Å². The molecule has 764 valence electrons. The number of hydrogen-bond donors (Lipinski definition) is 39. The maximum absolute atomic E-state index is 13.6. The Morgan fingerprint density at radius 3 is 0.489 bits per heavy atom. The highest BCUT2D eigenvalue weighted by Gasteiger charge is 2.41. The summed E-state index contributed by atoms with van der Waals surface area (Å²) < 4.78 is 0. The van der Waals surface area contributed by atoms with Crippen molar-refractivity contribution in [1.29, 1.82) is 0 Å². The number of aliphatic carboxylic acids is 7. The van der Waals surface area contributed by atoms with E-state index in [1.807, 2.05) is 69.1 Å². The molecule has 0 unspecified atom stereocenters. The van der Waals surface area contributed by atoms with Crippen molar-refractivity contribution in [2.75, 3.05) is 79.0 Å². The molecule has 69 heteroatoms. The molecule has 0 aromatic rings. The average molecular weight is 1980 g/mol. The molecule has 23 amide bonds. The van der Waals surface area contributed by atoms with Gasteiger partial charge < -0.3 is 206 Å². The molecule has 0 fully saturated rings. The van der Waals surface area contributed by atoms with Crippen LogP contribution in [0, 0.1) is 0 Å². The van der Waals surface area contributed by atoms with Gasteiger partial charge >= 0.3 is 41.8 Å². The molecule has 0 saturated carbocycles. The fraction of sp³-hybridized carbons (Fsp3) is 0.559. The number of amides is 23. The number of carboxylic acid groups (broad SMARTS) is 7. The van der Waals surface area contributed by atoms with Crippen LogP contribution in [0.1, 0.15) is 57.8 Å². The minimum Gasteiger partial charge on any atom is -0.481 e. The lowest BCUT2D eigenvalue weighted by molar-refractivity contribution is -0.145. The standard InChI is InChI=1S/C68H102N24O45/c69-22(1-46(108)109)52(120)89-35(18-97)65(133)81-23(2-39(70)101)57(125)84-26(5-47(110)111)53(121)73-10-42(104)77-31(14-93)55(123)75-12-44(106)79-33(16-95)63(131)87-28(7-49(114)115)60(128)90-36(19-98)66(134)82-24(3-40(71)102)58(126)85-27(6-48(112)113)54(122)74-11-43(105)78-32(15-94)56(124)76-13-45(107)80-34(17-96)64(132)88-29(8-50(116)117)61(129)91-37(20-99)67(135)83-25(4-41(72)103)59(127)86-30(9-51(118)119)62(130)92-38(21-100)68(136)137/h22-38,93-100H,1-21,69H2,(H2,70,101)(H2,71,102)(H2,72,103)(H,73,121)(H,74,122)(H,75,123)(H,76,124)(H,77,104)(H,78,105)(H,79,106)(H,80,107)(H,81,133)(H,82,134)(H,83,135)(H,84,125)(H,85,126)(H,86,127)(H,87,131)(H,88,132)(H,89,120)(H,90,128)(H,91,129)(H,92,130)(H,108,109)(H,110,111)(H,112,113)(H,114,115)(H,116,117)(H,118,119)(H,136,137)/t22-,23-,24-,25-,26-,27-,28-,29-,30-,31-,32-,33-,34-,35-,36-,37-,38-/m0/s1. The zero-order valence-electron chi connectivity index (χ0n) is 70.9. The van der Waals surface area contributed by atoms with E-state index in [1.54, 1.807) is 37.2 Å². The lowest BCUT2D eigenvalue weighted by Gasteiger charge is -2.25. The molecule has 0 heterocycles. The first-order chi connectivity index (χ1) is 63.9. The van der Waals surface area contributed by atoms with E-state index in [2.05, 4.69) is 0 Å². The number of rotatable bonds is 67. The molecule has 0 aliphatic rings. The van der Waals surface area contributed by atoms with Crippen LogP contribution in [0.2, 0.25) is 0 Å². The Balaban J connectivity index is 6.10. The van der Waals surface area contributed by atoms with Gasteiger partial charge in [-0.3, -0.25) is 139 Å². The number of aliphatic hydroxyl groups is 8. The molecule has 0 aliphatic carbocycles. The minimum atomic E-state index is -2.36. The fourth-order valence-corrected chi connectivity index (χ4v) is 10.4. The van der Waals surface area contributed by atoms with Gasteiger partial charge in [0, 0.05) is 0 Å². The van der Waals surface area contributed by atoms with Crippen molar-refractivity contribution in [3.8, 4) is 0 Å². The number of aliphatic hydroxyl groups excluding tert-OH is 8. The van der Waals surface area contributed by atoms with E-state index in [0.717, 1.165) is 0 Å². The van der Waals surface area contributed by atoms with Crippen molar-refractivity contribution in [2.45, 2.75) is 160 Å². The number of nitrogens with one attached hydrogen (secondary N) is 20. The van der Waals surface area contributed by atoms with Gasteiger partial charge in [0.05, 0.1) is 143 Å². The van der Waals surface area contributed by atoms with Gasteiger partial charge in [0.25, 0.3) is 0 Å². The summed E-state index contributed by atoms with van der Waals surface area (Å²) in [5.41, 5.74) is 21.0. The molecular formula is C68H102N24O45. The van der Waals surface area contributed by atoms with Gasteiger partial charge in [-0.15, -0.1) is 0 Å². The molecule has 17 atom stereocenters. The van der Waals surface area contributed by atoms with Crippen molar-refractivity contribution in [2.24, 2.45) is 22.9 Å². The predicted octanol–water partition coefficient (Wildman–Crippen LogP) is -27.0. The van der Waals surface area contributed by atoms with Crippen molar-refractivity contribution >= 4 is 178 Å². The number of carbonyl (C=O) groups excluding carboxylic acids is 23. The Morgan fingerprint density at radius 2 is 0.314 bits per heavy atom. The van der Waals surface area contributed by atoms with Crippen molar-refractivity contribution in [3.05, 3.63) is 0 Å². The Morgan fingerprint density at radius 1 is 0.175 bits per heavy atom. The lowest BCUT2D eigenvalue weighted by Crippen LogP contribution is -2.61. The van der Waals surface area contributed by atoms with E-state index >= 15 is 0 Å². The molecule has 0 aliphatic heterocycles. The van der Waals surface area contributed by atoms with Crippen molar-refractivity contribution in [3.63, 3.8) is 0 Å². The predicted molar refractivity (Wildman–Crippen MR) is 430 cm³/mol. The minimum absolute atomic E-state index is 0.942. The summed E-state index contributed by atoms with van der Waals surface area (Å²) in [6.45, 7) is -15.7. The molecule has 0 radical (unpaired) electrons. The zero-order chi connectivity index (χ0) is 105. The van der Waals surface area contributed by atoms with E-state index in [9.17, 15) is 210 Å². The van der Waals surface area contributed by atoms with Gasteiger partial charge in [-0.2, -0.15) is 0 Å². The Kier molecular flexibility index (Phi) is 54.2. The summed E-state index contributed by atoms with van der Waals surface area (Å²) in [5.74, 6) is -47.1. The van der Waals surface area contributed by atoms with Gasteiger partial charge in [-0.05, 0) is 0 Å². The van der Waals surface area contributed by atoms with Gasteiger partial charge in [0.2, 0.25) is 136 Å². The summed E-state index contributed by atoms with van der Waals surface area (Å²) >= 11 is 0. The first-order valence-corrected chi connectivity index (χ1v) is 38.9. The van der Waals surface area contributed by atoms with Crippen molar-refractivity contribution < 1.29 is 220 Å². The molecule has 0 aromatic heterocycles. The van der Waals surface area contributed by atoms with Crippen LogP contribution in [0.3, 0.4) is 0 Å². The summed E-state index contributed by atoms with van der Waals surface area (Å²) in [7, 11) is 0. The summed E-state index contributed by atoms with van der Waals surface area (Å²) in [6, 6.07) is -36.7. The fourth-order valence-electron chi connectivity index (χ4n) is 10.4. The maximum atomic E-state index is 13.6. The van der Waals surface area contributed by atoms with Crippen LogP contribution in [0.25, 0.3) is 0 Å². The van der Waals surface area contributed by atoms with E-state index < -0.39 is 417 Å². The Bertz CT molecular complexity index is 4480. The number of primary amides is 3. The number of hydrogen-bond acceptors (Lipinski definition) is 39. The van der Waals surface area contributed by atoms with E-state index in [-0.39, 0.29) is 0 Å². The molecule has 0 bridgehead atoms. The van der Waals surface area contributed by atoms with Gasteiger partial charge in [0.15, 0.2) is 0 Å². The maximum Gasteiger partial charge on any atom is 0.328 e. The highest BCUT2D eigenvalue weighted by Crippen LogP contribution is 2.08. The third kappa shape index (κ3) is 47.1.